The fourth-order valence-electron chi connectivity index (χ4n) is 3.44. The van der Waals surface area contributed by atoms with Gasteiger partial charge >= 0.3 is 0 Å². The first-order chi connectivity index (χ1) is 14.9. The fraction of sp³-hybridized carbons (Fsp3) is 0.364. The van der Waals surface area contributed by atoms with Crippen molar-refractivity contribution >= 4 is 23.2 Å². The van der Waals surface area contributed by atoms with Gasteiger partial charge in [0.05, 0.1) is 17.5 Å². The third-order valence-corrected chi connectivity index (χ3v) is 5.38. The Balaban J connectivity index is 1.40. The van der Waals surface area contributed by atoms with Crippen LogP contribution >= 0.6 is 0 Å². The van der Waals surface area contributed by atoms with Crippen molar-refractivity contribution in [2.24, 2.45) is 0 Å². The van der Waals surface area contributed by atoms with Gasteiger partial charge in [0.1, 0.15) is 0 Å². The Bertz CT molecular complexity index is 896. The number of rotatable bonds is 8. The molecule has 1 aliphatic heterocycles. The second-order valence-electron chi connectivity index (χ2n) is 7.54. The molecule has 2 N–H and O–H groups in total. The minimum absolute atomic E-state index is 0.0127. The van der Waals surface area contributed by atoms with E-state index in [9.17, 15) is 19.7 Å². The Morgan fingerprint density at radius 3 is 2.29 bits per heavy atom. The highest BCUT2D eigenvalue weighted by Gasteiger charge is 2.26. The Kier molecular flexibility index (Phi) is 7.69. The number of carbonyl (C=O) groups is 2. The number of piperazine rings is 1. The molecule has 1 saturated heterocycles. The number of amides is 2. The lowest BCUT2D eigenvalue weighted by Crippen LogP contribution is -2.54. The van der Waals surface area contributed by atoms with Gasteiger partial charge in [-0.3, -0.25) is 29.5 Å². The van der Waals surface area contributed by atoms with Gasteiger partial charge < -0.3 is 10.6 Å². The van der Waals surface area contributed by atoms with Gasteiger partial charge in [0.2, 0.25) is 11.8 Å². The first kappa shape index (κ1) is 22.4. The van der Waals surface area contributed by atoms with Crippen LogP contribution in [0.3, 0.4) is 0 Å². The number of nitro benzene ring substituents is 1. The number of nitrogens with one attached hydrogen (secondary N) is 2. The van der Waals surface area contributed by atoms with Crippen molar-refractivity contribution < 1.29 is 14.5 Å². The Labute approximate surface area is 181 Å². The van der Waals surface area contributed by atoms with Gasteiger partial charge in [0, 0.05) is 50.5 Å². The molecule has 2 aromatic carbocycles. The molecule has 9 heteroatoms. The van der Waals surface area contributed by atoms with Crippen molar-refractivity contribution in [1.82, 2.24) is 15.1 Å². The highest BCUT2D eigenvalue weighted by molar-refractivity contribution is 5.94. The number of anilines is 1. The number of nitro groups is 1. The zero-order chi connectivity index (χ0) is 22.2. The molecular weight excluding hydrogens is 398 g/mol. The molecule has 1 heterocycles. The molecule has 0 aromatic heterocycles. The van der Waals surface area contributed by atoms with E-state index < -0.39 is 4.92 Å². The number of benzene rings is 2. The minimum atomic E-state index is -0.477. The molecule has 9 nitrogen and oxygen atoms in total. The van der Waals surface area contributed by atoms with Gasteiger partial charge in [-0.1, -0.05) is 30.3 Å². The predicted octanol–water partition coefficient (Wildman–Crippen LogP) is 1.86. The largest absolute Gasteiger partial charge is 0.351 e. The average Bonchev–Trinajstić information content (AvgIpc) is 2.79. The van der Waals surface area contributed by atoms with Gasteiger partial charge in [0.25, 0.3) is 5.69 Å². The van der Waals surface area contributed by atoms with E-state index in [1.54, 1.807) is 0 Å². The van der Waals surface area contributed by atoms with Crippen LogP contribution in [0.25, 0.3) is 0 Å². The summed E-state index contributed by atoms with van der Waals surface area (Å²) < 4.78 is 0. The molecule has 31 heavy (non-hydrogen) atoms. The number of hydrogen-bond acceptors (Lipinski definition) is 6. The lowest BCUT2D eigenvalue weighted by molar-refractivity contribution is -0.384. The molecule has 1 aliphatic rings. The minimum Gasteiger partial charge on any atom is -0.351 e. The summed E-state index contributed by atoms with van der Waals surface area (Å²) in [7, 11) is 0. The van der Waals surface area contributed by atoms with E-state index in [4.69, 9.17) is 0 Å². The molecule has 0 bridgehead atoms. The summed E-state index contributed by atoms with van der Waals surface area (Å²) in [4.78, 5) is 39.1. The maximum atomic E-state index is 12.5. The summed E-state index contributed by atoms with van der Waals surface area (Å²) in [6, 6.07) is 15.2. The maximum absolute atomic E-state index is 12.5. The van der Waals surface area contributed by atoms with Crippen LogP contribution in [0.4, 0.5) is 11.4 Å². The van der Waals surface area contributed by atoms with E-state index in [0.717, 1.165) is 5.56 Å². The Morgan fingerprint density at radius 1 is 1.03 bits per heavy atom. The van der Waals surface area contributed by atoms with E-state index in [-0.39, 0.29) is 23.5 Å². The number of nitrogens with zero attached hydrogens (tertiary/aromatic N) is 3. The summed E-state index contributed by atoms with van der Waals surface area (Å²) in [5.74, 6) is -0.177. The molecule has 0 radical (unpaired) electrons. The summed E-state index contributed by atoms with van der Waals surface area (Å²) in [5.41, 5.74) is 1.57. The zero-order valence-corrected chi connectivity index (χ0v) is 17.5. The molecule has 0 spiro atoms. The van der Waals surface area contributed by atoms with Crippen LogP contribution in [0.15, 0.2) is 54.6 Å². The maximum Gasteiger partial charge on any atom is 0.269 e. The highest BCUT2D eigenvalue weighted by Crippen LogP contribution is 2.16. The third kappa shape index (κ3) is 6.59. The highest BCUT2D eigenvalue weighted by atomic mass is 16.6. The average molecular weight is 425 g/mol. The van der Waals surface area contributed by atoms with Crippen LogP contribution in [-0.4, -0.2) is 65.3 Å². The van der Waals surface area contributed by atoms with Crippen molar-refractivity contribution in [2.45, 2.75) is 19.5 Å². The van der Waals surface area contributed by atoms with E-state index in [1.165, 1.54) is 24.3 Å². The van der Waals surface area contributed by atoms with Gasteiger partial charge in [-0.2, -0.15) is 0 Å². The zero-order valence-electron chi connectivity index (χ0n) is 17.5. The predicted molar refractivity (Wildman–Crippen MR) is 117 cm³/mol. The monoisotopic (exact) mass is 425 g/mol. The number of hydrogen-bond donors (Lipinski definition) is 2. The van der Waals surface area contributed by atoms with E-state index in [1.807, 2.05) is 37.3 Å². The van der Waals surface area contributed by atoms with Crippen LogP contribution in [0.2, 0.25) is 0 Å². The topological polar surface area (TPSA) is 108 Å². The molecule has 2 aromatic rings. The van der Waals surface area contributed by atoms with Gasteiger partial charge in [-0.05, 0) is 24.6 Å². The van der Waals surface area contributed by atoms with Crippen LogP contribution < -0.4 is 10.6 Å². The van der Waals surface area contributed by atoms with Crippen LogP contribution in [0.5, 0.6) is 0 Å². The van der Waals surface area contributed by atoms with Crippen molar-refractivity contribution in [1.29, 1.82) is 0 Å². The molecule has 0 saturated carbocycles. The first-order valence-electron chi connectivity index (χ1n) is 10.2. The SMILES string of the molecule is CC(C(=O)Nc1ccc([N+](=O)[O-])cc1)N1CCN(CC(=O)NCc2ccccc2)CC1. The number of carbonyl (C=O) groups excluding carboxylic acids is 2. The Morgan fingerprint density at radius 2 is 1.68 bits per heavy atom. The van der Waals surface area contributed by atoms with Gasteiger partial charge in [-0.15, -0.1) is 0 Å². The van der Waals surface area contributed by atoms with Crippen LogP contribution in [0, 0.1) is 10.1 Å². The second-order valence-corrected chi connectivity index (χ2v) is 7.54. The summed E-state index contributed by atoms with van der Waals surface area (Å²) in [6.07, 6.45) is 0. The molecule has 1 fully saturated rings. The molecule has 0 aliphatic carbocycles. The van der Waals surface area contributed by atoms with E-state index >= 15 is 0 Å². The van der Waals surface area contributed by atoms with Crippen molar-refractivity contribution in [2.75, 3.05) is 38.0 Å². The number of non-ortho nitro benzene ring substituents is 1. The standard InChI is InChI=1S/C22H27N5O4/c1-17(22(29)24-19-7-9-20(10-8-19)27(30)31)26-13-11-25(12-14-26)16-21(28)23-15-18-5-3-2-4-6-18/h2-10,17H,11-16H2,1H3,(H,23,28)(H,24,29). The summed E-state index contributed by atoms with van der Waals surface area (Å²) >= 11 is 0. The molecule has 3 rings (SSSR count). The third-order valence-electron chi connectivity index (χ3n) is 5.38. The quantitative estimate of drug-likeness (QED) is 0.494. The van der Waals surface area contributed by atoms with E-state index in [0.29, 0.717) is 45.0 Å². The first-order valence-corrected chi connectivity index (χ1v) is 10.2. The lowest BCUT2D eigenvalue weighted by Gasteiger charge is -2.37. The molecular formula is C22H27N5O4. The van der Waals surface area contributed by atoms with Crippen molar-refractivity contribution in [3.8, 4) is 0 Å². The molecule has 164 valence electrons. The van der Waals surface area contributed by atoms with Gasteiger partial charge in [-0.25, -0.2) is 0 Å². The fourth-order valence-corrected chi connectivity index (χ4v) is 3.44. The van der Waals surface area contributed by atoms with Crippen molar-refractivity contribution in [3.05, 3.63) is 70.3 Å². The van der Waals surface area contributed by atoms with Crippen LogP contribution in [0.1, 0.15) is 12.5 Å². The second kappa shape index (κ2) is 10.6. The molecule has 2 amide bonds. The molecule has 1 atom stereocenters. The van der Waals surface area contributed by atoms with Crippen molar-refractivity contribution in [3.63, 3.8) is 0 Å². The summed E-state index contributed by atoms with van der Waals surface area (Å²) in [5, 5.41) is 16.5. The van der Waals surface area contributed by atoms with Gasteiger partial charge in [0.15, 0.2) is 0 Å². The molecule has 1 unspecified atom stereocenters. The normalized spacial score (nSPS) is 15.8. The van der Waals surface area contributed by atoms with Crippen LogP contribution in [-0.2, 0) is 16.1 Å². The smallest absolute Gasteiger partial charge is 0.269 e. The Hall–Kier alpha value is -3.30. The summed E-state index contributed by atoms with van der Waals surface area (Å²) in [6.45, 7) is 5.45. The lowest BCUT2D eigenvalue weighted by atomic mass is 10.2. The van der Waals surface area contributed by atoms with E-state index in [2.05, 4.69) is 20.4 Å².